The highest BCUT2D eigenvalue weighted by Crippen LogP contribution is 2.24. The minimum absolute atomic E-state index is 0.182. The molecule has 0 radical (unpaired) electrons. The van der Waals surface area contributed by atoms with Gasteiger partial charge in [0.25, 0.3) is 5.91 Å². The molecule has 4 rings (SSSR count). The van der Waals surface area contributed by atoms with Crippen LogP contribution in [0.5, 0.6) is 0 Å². The van der Waals surface area contributed by atoms with Crippen molar-refractivity contribution >= 4 is 32.7 Å². The second-order valence-electron chi connectivity index (χ2n) is 6.73. The Kier molecular flexibility index (Phi) is 4.41. The third kappa shape index (κ3) is 2.97. The molecule has 1 N–H and O–H groups in total. The lowest BCUT2D eigenvalue weighted by molar-refractivity contribution is 0.0938. The van der Waals surface area contributed by atoms with Crippen LogP contribution in [0.3, 0.4) is 0 Å². The number of nitrogens with zero attached hydrogens (tertiary/aromatic N) is 1. The van der Waals surface area contributed by atoms with Crippen molar-refractivity contribution in [2.75, 3.05) is 0 Å². The van der Waals surface area contributed by atoms with Crippen LogP contribution in [-0.4, -0.2) is 10.5 Å². The smallest absolute Gasteiger partial charge is 0.257 e. The summed E-state index contributed by atoms with van der Waals surface area (Å²) in [5.74, 6) is -0.327. The number of hydrogen-bond donors (Lipinski definition) is 1. The van der Waals surface area contributed by atoms with Gasteiger partial charge in [0.15, 0.2) is 0 Å². The summed E-state index contributed by atoms with van der Waals surface area (Å²) in [5.41, 5.74) is 3.16. The monoisotopic (exact) mass is 410 g/mol. The number of aryl methyl sites for hydroxylation is 2. The van der Waals surface area contributed by atoms with Crippen LogP contribution in [-0.2, 0) is 13.0 Å². The van der Waals surface area contributed by atoms with Crippen molar-refractivity contribution in [3.8, 4) is 0 Å². The highest BCUT2D eigenvalue weighted by atomic mass is 79.9. The molecule has 1 atom stereocenters. The van der Waals surface area contributed by atoms with E-state index in [1.807, 2.05) is 43.3 Å². The normalized spacial score (nSPS) is 14.2. The van der Waals surface area contributed by atoms with Crippen LogP contribution in [0.15, 0.2) is 57.9 Å². The molecule has 0 unspecified atom stereocenters. The minimum Gasteiger partial charge on any atom is -0.346 e. The predicted molar refractivity (Wildman–Crippen MR) is 107 cm³/mol. The number of benzene rings is 2. The Bertz CT molecular complexity index is 1050. The molecule has 4 nitrogen and oxygen atoms in total. The van der Waals surface area contributed by atoms with E-state index in [2.05, 4.69) is 31.9 Å². The molecular weight excluding hydrogens is 392 g/mol. The molecule has 0 aliphatic carbocycles. The lowest BCUT2D eigenvalue weighted by Gasteiger charge is -2.21. The predicted octanol–water partition coefficient (Wildman–Crippen LogP) is 4.20. The molecule has 5 heteroatoms. The van der Waals surface area contributed by atoms with Gasteiger partial charge in [0.05, 0.1) is 11.6 Å². The van der Waals surface area contributed by atoms with Crippen molar-refractivity contribution in [2.45, 2.75) is 32.4 Å². The molecule has 132 valence electrons. The summed E-state index contributed by atoms with van der Waals surface area (Å²) in [6.07, 6.45) is 3.71. The van der Waals surface area contributed by atoms with E-state index in [-0.39, 0.29) is 22.9 Å². The number of hydrogen-bond acceptors (Lipinski definition) is 2. The topological polar surface area (TPSA) is 51.1 Å². The molecule has 1 amide bonds. The number of para-hydroxylation sites is 1. The van der Waals surface area contributed by atoms with Crippen molar-refractivity contribution in [1.29, 1.82) is 0 Å². The zero-order valence-electron chi connectivity index (χ0n) is 14.5. The van der Waals surface area contributed by atoms with Crippen LogP contribution in [0.4, 0.5) is 0 Å². The second-order valence-corrected chi connectivity index (χ2v) is 7.64. The van der Waals surface area contributed by atoms with Crippen molar-refractivity contribution in [3.63, 3.8) is 0 Å². The Morgan fingerprint density at radius 3 is 2.73 bits per heavy atom. The van der Waals surface area contributed by atoms with E-state index in [0.717, 1.165) is 34.9 Å². The summed E-state index contributed by atoms with van der Waals surface area (Å²) in [5, 5.41) is 3.58. The summed E-state index contributed by atoms with van der Waals surface area (Å²) in [6.45, 7) is 2.75. The van der Waals surface area contributed by atoms with Crippen molar-refractivity contribution in [3.05, 3.63) is 80.0 Å². The number of carbonyl (C=O) groups is 1. The number of rotatable bonds is 3. The first kappa shape index (κ1) is 17.0. The van der Waals surface area contributed by atoms with Gasteiger partial charge in [-0.3, -0.25) is 9.59 Å². The van der Waals surface area contributed by atoms with Gasteiger partial charge in [-0.2, -0.15) is 0 Å². The van der Waals surface area contributed by atoms with E-state index in [4.69, 9.17) is 0 Å². The molecule has 1 aromatic heterocycles. The molecule has 0 spiro atoms. The van der Waals surface area contributed by atoms with Crippen LogP contribution in [0, 0.1) is 0 Å². The number of halogens is 1. The summed E-state index contributed by atoms with van der Waals surface area (Å²) in [6, 6.07) is 13.4. The van der Waals surface area contributed by atoms with E-state index in [1.165, 1.54) is 5.56 Å². The van der Waals surface area contributed by atoms with Crippen LogP contribution < -0.4 is 10.7 Å². The molecule has 0 fully saturated rings. The van der Waals surface area contributed by atoms with Gasteiger partial charge in [0.1, 0.15) is 5.56 Å². The molecular formula is C21H19BrN2O2. The van der Waals surface area contributed by atoms with Gasteiger partial charge in [0, 0.05) is 22.6 Å². The first-order valence-electron chi connectivity index (χ1n) is 8.76. The van der Waals surface area contributed by atoms with Gasteiger partial charge in [-0.05, 0) is 49.1 Å². The van der Waals surface area contributed by atoms with Crippen molar-refractivity contribution in [2.24, 2.45) is 0 Å². The lowest BCUT2D eigenvalue weighted by Crippen LogP contribution is -2.32. The number of aromatic nitrogens is 1. The molecule has 0 bridgehead atoms. The molecule has 0 saturated carbocycles. The third-order valence-corrected chi connectivity index (χ3v) is 5.52. The minimum atomic E-state index is -0.327. The summed E-state index contributed by atoms with van der Waals surface area (Å²) >= 11 is 3.41. The van der Waals surface area contributed by atoms with Gasteiger partial charge in [0.2, 0.25) is 5.43 Å². The molecule has 26 heavy (non-hydrogen) atoms. The lowest BCUT2D eigenvalue weighted by atomic mass is 9.99. The van der Waals surface area contributed by atoms with E-state index in [1.54, 1.807) is 6.20 Å². The Hall–Kier alpha value is -2.40. The van der Waals surface area contributed by atoms with E-state index in [0.29, 0.717) is 5.39 Å². The molecule has 2 aromatic carbocycles. The van der Waals surface area contributed by atoms with Crippen LogP contribution in [0.25, 0.3) is 10.9 Å². The summed E-state index contributed by atoms with van der Waals surface area (Å²) in [4.78, 5) is 25.7. The maximum absolute atomic E-state index is 12.9. The van der Waals surface area contributed by atoms with E-state index >= 15 is 0 Å². The second kappa shape index (κ2) is 6.72. The average molecular weight is 411 g/mol. The van der Waals surface area contributed by atoms with Crippen LogP contribution in [0.1, 0.15) is 40.9 Å². The number of amides is 1. The Balaban J connectivity index is 1.70. The molecule has 1 aliphatic rings. The fourth-order valence-corrected chi connectivity index (χ4v) is 3.89. The summed E-state index contributed by atoms with van der Waals surface area (Å²) < 4.78 is 3.04. The van der Waals surface area contributed by atoms with Gasteiger partial charge in [-0.15, -0.1) is 0 Å². The number of carbonyl (C=O) groups excluding carboxylic acids is 1. The van der Waals surface area contributed by atoms with E-state index in [9.17, 15) is 9.59 Å². The summed E-state index contributed by atoms with van der Waals surface area (Å²) in [7, 11) is 0. The zero-order chi connectivity index (χ0) is 18.3. The first-order valence-corrected chi connectivity index (χ1v) is 9.55. The maximum atomic E-state index is 12.9. The highest BCUT2D eigenvalue weighted by molar-refractivity contribution is 9.10. The largest absolute Gasteiger partial charge is 0.346 e. The van der Waals surface area contributed by atoms with Crippen molar-refractivity contribution in [1.82, 2.24) is 9.88 Å². The quantitative estimate of drug-likeness (QED) is 0.703. The molecule has 2 heterocycles. The van der Waals surface area contributed by atoms with Gasteiger partial charge in [-0.25, -0.2) is 0 Å². The first-order chi connectivity index (χ1) is 12.5. The fraction of sp³-hybridized carbons (Fsp3) is 0.238. The molecule has 1 aliphatic heterocycles. The number of pyridine rings is 1. The standard InChI is InChI=1S/C21H19BrN2O2/c1-13(14-7-9-16(22)10-8-14)23-21(26)18-12-24-11-3-5-15-4-2-6-17(19(15)24)20(18)25/h2,4,6-10,12-13H,3,5,11H2,1H3,(H,23,26)/t13-/m0/s1. The Morgan fingerprint density at radius 2 is 1.96 bits per heavy atom. The van der Waals surface area contributed by atoms with Gasteiger partial charge in [-0.1, -0.05) is 40.2 Å². The number of nitrogens with one attached hydrogen (secondary N) is 1. The van der Waals surface area contributed by atoms with E-state index < -0.39 is 0 Å². The Labute approximate surface area is 160 Å². The third-order valence-electron chi connectivity index (χ3n) is 4.99. The fourth-order valence-electron chi connectivity index (χ4n) is 3.63. The van der Waals surface area contributed by atoms with Crippen LogP contribution in [0.2, 0.25) is 0 Å². The maximum Gasteiger partial charge on any atom is 0.257 e. The zero-order valence-corrected chi connectivity index (χ0v) is 16.0. The van der Waals surface area contributed by atoms with Crippen LogP contribution >= 0.6 is 15.9 Å². The van der Waals surface area contributed by atoms with Gasteiger partial charge >= 0.3 is 0 Å². The Morgan fingerprint density at radius 1 is 1.19 bits per heavy atom. The highest BCUT2D eigenvalue weighted by Gasteiger charge is 2.20. The SMILES string of the molecule is C[C@H](NC(=O)c1cn2c3c(cccc3c1=O)CCC2)c1ccc(Br)cc1. The molecule has 0 saturated heterocycles. The average Bonchev–Trinajstić information content (AvgIpc) is 2.65. The molecule has 3 aromatic rings. The van der Waals surface area contributed by atoms with Gasteiger partial charge < -0.3 is 9.88 Å². The van der Waals surface area contributed by atoms with Crippen molar-refractivity contribution < 1.29 is 4.79 Å².